The van der Waals surface area contributed by atoms with Crippen molar-refractivity contribution in [2.75, 3.05) is 25.6 Å². The molecule has 0 bridgehead atoms. The molecule has 2 N–H and O–H groups in total. The van der Waals surface area contributed by atoms with Gasteiger partial charge >= 0.3 is 0 Å². The minimum atomic E-state index is -0.472. The Hall–Kier alpha value is -1.57. The van der Waals surface area contributed by atoms with Gasteiger partial charge in [-0.15, -0.1) is 0 Å². The van der Waals surface area contributed by atoms with Crippen LogP contribution < -0.4 is 10.6 Å². The largest absolute Gasteiger partial charge is 0.383 e. The molecular formula is C14H16ClN3O3S. The molecule has 0 saturated carbocycles. The maximum Gasteiger partial charge on any atom is 0.240 e. The van der Waals surface area contributed by atoms with Gasteiger partial charge in [0.05, 0.1) is 13.2 Å². The number of carbonyl (C=O) groups is 2. The Morgan fingerprint density at radius 1 is 1.55 bits per heavy atom. The minimum absolute atomic E-state index is 0.0757. The number of anilines is 1. The van der Waals surface area contributed by atoms with Gasteiger partial charge < -0.3 is 15.4 Å². The van der Waals surface area contributed by atoms with Crippen molar-refractivity contribution < 1.29 is 14.3 Å². The van der Waals surface area contributed by atoms with Crippen LogP contribution in [0.25, 0.3) is 0 Å². The Morgan fingerprint density at radius 3 is 3.09 bits per heavy atom. The zero-order chi connectivity index (χ0) is 15.9. The number of amides is 2. The molecule has 1 saturated heterocycles. The normalized spacial score (nSPS) is 19.3. The number of nitrogens with one attached hydrogen (secondary N) is 2. The van der Waals surface area contributed by atoms with Crippen LogP contribution in [0.2, 0.25) is 5.02 Å². The van der Waals surface area contributed by atoms with E-state index in [1.54, 1.807) is 31.4 Å². The number of carbonyl (C=O) groups excluding carboxylic acids is 2. The predicted molar refractivity (Wildman–Crippen MR) is 88.4 cm³/mol. The minimum Gasteiger partial charge on any atom is -0.383 e. The topological polar surface area (TPSA) is 79.8 Å². The van der Waals surface area contributed by atoms with Gasteiger partial charge in [0.15, 0.2) is 5.17 Å². The number of aliphatic imine (C=N–C) groups is 1. The zero-order valence-corrected chi connectivity index (χ0v) is 13.5. The number of amidine groups is 1. The first-order valence-electron chi connectivity index (χ1n) is 6.65. The first kappa shape index (κ1) is 16.8. The summed E-state index contributed by atoms with van der Waals surface area (Å²) in [5.74, 6) is -0.449. The second-order valence-electron chi connectivity index (χ2n) is 4.54. The molecule has 2 rings (SSSR count). The Labute approximate surface area is 137 Å². The van der Waals surface area contributed by atoms with Crippen LogP contribution in [0.15, 0.2) is 29.3 Å². The summed E-state index contributed by atoms with van der Waals surface area (Å²) < 4.78 is 4.89. The Kier molecular flexibility index (Phi) is 6.23. The number of nitrogens with zero attached hydrogens (tertiary/aromatic N) is 1. The smallest absolute Gasteiger partial charge is 0.240 e. The van der Waals surface area contributed by atoms with Crippen LogP contribution in [0, 0.1) is 0 Å². The van der Waals surface area contributed by atoms with Gasteiger partial charge in [-0.2, -0.15) is 0 Å². The van der Waals surface area contributed by atoms with Crippen LogP contribution in [0.3, 0.4) is 0 Å². The molecule has 118 valence electrons. The molecule has 1 atom stereocenters. The van der Waals surface area contributed by atoms with E-state index in [2.05, 4.69) is 15.6 Å². The number of hydrogen-bond donors (Lipinski definition) is 2. The van der Waals surface area contributed by atoms with Crippen molar-refractivity contribution in [3.8, 4) is 0 Å². The van der Waals surface area contributed by atoms with Gasteiger partial charge in [0, 0.05) is 24.2 Å². The van der Waals surface area contributed by atoms with Crippen molar-refractivity contribution in [1.29, 1.82) is 0 Å². The second kappa shape index (κ2) is 8.17. The molecule has 0 aliphatic carbocycles. The third kappa shape index (κ3) is 5.01. The molecule has 1 aromatic carbocycles. The third-order valence-electron chi connectivity index (χ3n) is 2.81. The molecule has 1 aliphatic rings. The number of rotatable bonds is 6. The maximum absolute atomic E-state index is 12.0. The van der Waals surface area contributed by atoms with E-state index in [0.717, 1.165) is 0 Å². The van der Waals surface area contributed by atoms with E-state index < -0.39 is 5.25 Å². The molecule has 1 aliphatic heterocycles. The van der Waals surface area contributed by atoms with Gasteiger partial charge in [-0.25, -0.2) is 0 Å². The first-order valence-corrected chi connectivity index (χ1v) is 7.90. The van der Waals surface area contributed by atoms with Gasteiger partial charge in [-0.1, -0.05) is 29.4 Å². The van der Waals surface area contributed by atoms with E-state index in [9.17, 15) is 9.59 Å². The second-order valence-corrected chi connectivity index (χ2v) is 6.17. The van der Waals surface area contributed by atoms with Crippen molar-refractivity contribution >= 4 is 46.0 Å². The summed E-state index contributed by atoms with van der Waals surface area (Å²) >= 11 is 7.11. The molecule has 0 aromatic heterocycles. The molecule has 22 heavy (non-hydrogen) atoms. The summed E-state index contributed by atoms with van der Waals surface area (Å²) in [6.45, 7) is 0.959. The van der Waals surface area contributed by atoms with Crippen molar-refractivity contribution in [1.82, 2.24) is 5.32 Å². The highest BCUT2D eigenvalue weighted by atomic mass is 35.5. The van der Waals surface area contributed by atoms with E-state index in [0.29, 0.717) is 29.0 Å². The fourth-order valence-corrected chi connectivity index (χ4v) is 2.99. The van der Waals surface area contributed by atoms with Gasteiger partial charge in [0.25, 0.3) is 0 Å². The Balaban J connectivity index is 1.86. The van der Waals surface area contributed by atoms with Crippen LogP contribution in [-0.2, 0) is 14.3 Å². The van der Waals surface area contributed by atoms with E-state index in [1.807, 2.05) is 0 Å². The summed E-state index contributed by atoms with van der Waals surface area (Å²) in [6.07, 6.45) is 0.0757. The molecular weight excluding hydrogens is 326 g/mol. The molecule has 2 amide bonds. The molecule has 1 fully saturated rings. The monoisotopic (exact) mass is 341 g/mol. The molecule has 0 radical (unpaired) electrons. The summed E-state index contributed by atoms with van der Waals surface area (Å²) in [4.78, 5) is 28.0. The van der Waals surface area contributed by atoms with Gasteiger partial charge in [0.1, 0.15) is 5.25 Å². The average molecular weight is 342 g/mol. The SMILES string of the molecule is COCCN=C1NC(=O)[C@@H](CC(=O)Nc2cccc(Cl)c2)S1. The lowest BCUT2D eigenvalue weighted by Crippen LogP contribution is -2.28. The predicted octanol–water partition coefficient (Wildman–Crippen LogP) is 1.90. The first-order chi connectivity index (χ1) is 10.6. The number of benzene rings is 1. The lowest BCUT2D eigenvalue weighted by molar-refractivity contribution is -0.122. The molecule has 0 spiro atoms. The third-order valence-corrected chi connectivity index (χ3v) is 4.16. The lowest BCUT2D eigenvalue weighted by Gasteiger charge is -2.07. The quantitative estimate of drug-likeness (QED) is 0.774. The van der Waals surface area contributed by atoms with Crippen LogP contribution in [0.4, 0.5) is 5.69 Å². The van der Waals surface area contributed by atoms with Crippen molar-refractivity contribution in [2.24, 2.45) is 4.99 Å². The fraction of sp³-hybridized carbons (Fsp3) is 0.357. The summed E-state index contributed by atoms with van der Waals surface area (Å²) in [7, 11) is 1.59. The number of hydrogen-bond acceptors (Lipinski definition) is 5. The molecule has 1 heterocycles. The van der Waals surface area contributed by atoms with E-state index in [4.69, 9.17) is 16.3 Å². The highest BCUT2D eigenvalue weighted by Crippen LogP contribution is 2.23. The van der Waals surface area contributed by atoms with Crippen molar-refractivity contribution in [2.45, 2.75) is 11.7 Å². The van der Waals surface area contributed by atoms with Crippen LogP contribution in [0.5, 0.6) is 0 Å². The molecule has 8 heteroatoms. The van der Waals surface area contributed by atoms with E-state index >= 15 is 0 Å². The average Bonchev–Trinajstić information content (AvgIpc) is 2.79. The summed E-state index contributed by atoms with van der Waals surface area (Å²) in [5.41, 5.74) is 0.606. The van der Waals surface area contributed by atoms with E-state index in [-0.39, 0.29) is 18.2 Å². The van der Waals surface area contributed by atoms with Gasteiger partial charge in [-0.05, 0) is 18.2 Å². The zero-order valence-electron chi connectivity index (χ0n) is 12.0. The molecule has 0 unspecified atom stereocenters. The fourth-order valence-electron chi connectivity index (χ4n) is 1.80. The van der Waals surface area contributed by atoms with Gasteiger partial charge in [-0.3, -0.25) is 14.6 Å². The van der Waals surface area contributed by atoms with Crippen LogP contribution in [0.1, 0.15) is 6.42 Å². The number of methoxy groups -OCH3 is 1. The number of ether oxygens (including phenoxy) is 1. The number of halogens is 1. The highest BCUT2D eigenvalue weighted by Gasteiger charge is 2.31. The van der Waals surface area contributed by atoms with Gasteiger partial charge in [0.2, 0.25) is 11.8 Å². The summed E-state index contributed by atoms with van der Waals surface area (Å²) in [5, 5.41) is 5.98. The van der Waals surface area contributed by atoms with Crippen LogP contribution in [-0.4, -0.2) is 42.5 Å². The standard InChI is InChI=1S/C14H16ClN3O3S/c1-21-6-5-16-14-18-13(20)11(22-14)8-12(19)17-10-4-2-3-9(15)7-10/h2-4,7,11H,5-6,8H2,1H3,(H,17,19)(H,16,18,20)/t11-/m1/s1. The van der Waals surface area contributed by atoms with Crippen molar-refractivity contribution in [3.63, 3.8) is 0 Å². The maximum atomic E-state index is 12.0. The lowest BCUT2D eigenvalue weighted by atomic mass is 10.2. The summed E-state index contributed by atoms with van der Waals surface area (Å²) in [6, 6.07) is 6.86. The van der Waals surface area contributed by atoms with E-state index in [1.165, 1.54) is 11.8 Å². The molecule has 1 aromatic rings. The van der Waals surface area contributed by atoms with Crippen molar-refractivity contribution in [3.05, 3.63) is 29.3 Å². The Morgan fingerprint density at radius 2 is 2.36 bits per heavy atom. The Bertz CT molecular complexity index is 594. The van der Waals surface area contributed by atoms with Crippen LogP contribution >= 0.6 is 23.4 Å². The molecule has 6 nitrogen and oxygen atoms in total. The highest BCUT2D eigenvalue weighted by molar-refractivity contribution is 8.15. The number of thioether (sulfide) groups is 1.